The first-order valence-corrected chi connectivity index (χ1v) is 8.69. The third-order valence-corrected chi connectivity index (χ3v) is 4.51. The third-order valence-electron chi connectivity index (χ3n) is 4.51. The van der Waals surface area contributed by atoms with E-state index in [1.54, 1.807) is 10.8 Å². The fourth-order valence-corrected chi connectivity index (χ4v) is 3.03. The van der Waals surface area contributed by atoms with Gasteiger partial charge >= 0.3 is 0 Å². The number of fused-ring (bicyclic) bond motifs is 1. The summed E-state index contributed by atoms with van der Waals surface area (Å²) in [5.41, 5.74) is 7.58. The van der Waals surface area contributed by atoms with Crippen LogP contribution in [-0.4, -0.2) is 37.9 Å². The Hall–Kier alpha value is -3.00. The lowest BCUT2D eigenvalue weighted by Crippen LogP contribution is -2.17. The highest BCUT2D eigenvalue weighted by atomic mass is 16.2. The summed E-state index contributed by atoms with van der Waals surface area (Å²) >= 11 is 0. The van der Waals surface area contributed by atoms with Gasteiger partial charge in [-0.3, -0.25) is 14.2 Å². The van der Waals surface area contributed by atoms with Gasteiger partial charge in [-0.05, 0) is 37.4 Å². The predicted molar refractivity (Wildman–Crippen MR) is 96.7 cm³/mol. The van der Waals surface area contributed by atoms with E-state index in [2.05, 4.69) is 15.6 Å². The molecule has 1 aromatic carbocycles. The molecule has 0 unspecified atom stereocenters. The summed E-state index contributed by atoms with van der Waals surface area (Å²) in [5.74, 6) is 0.297. The predicted octanol–water partition coefficient (Wildman–Crippen LogP) is 1.42. The van der Waals surface area contributed by atoms with Crippen molar-refractivity contribution in [3.8, 4) is 0 Å². The summed E-state index contributed by atoms with van der Waals surface area (Å²) in [6.45, 7) is 0.558. The Balaban J connectivity index is 1.52. The average molecular weight is 352 g/mol. The minimum Gasteiger partial charge on any atom is -0.330 e. The van der Waals surface area contributed by atoms with Crippen LogP contribution >= 0.6 is 0 Å². The molecule has 0 spiro atoms. The molecule has 8 nitrogen and oxygen atoms in total. The lowest BCUT2D eigenvalue weighted by Gasteiger charge is -2.03. The van der Waals surface area contributed by atoms with Crippen molar-refractivity contribution in [1.82, 2.24) is 19.6 Å². The number of benzene rings is 1. The summed E-state index contributed by atoms with van der Waals surface area (Å²) in [4.78, 5) is 24.5. The molecule has 1 saturated carbocycles. The van der Waals surface area contributed by atoms with Gasteiger partial charge in [-0.25, -0.2) is 4.68 Å². The molecule has 134 valence electrons. The van der Waals surface area contributed by atoms with E-state index < -0.39 is 0 Å². The van der Waals surface area contributed by atoms with Gasteiger partial charge in [-0.1, -0.05) is 23.4 Å². The molecule has 8 heteroatoms. The second kappa shape index (κ2) is 6.72. The van der Waals surface area contributed by atoms with Crippen molar-refractivity contribution in [3.63, 3.8) is 0 Å². The first-order chi connectivity index (χ1) is 12.7. The van der Waals surface area contributed by atoms with Gasteiger partial charge in [0, 0.05) is 17.5 Å². The highest BCUT2D eigenvalue weighted by molar-refractivity contribution is 5.95. The molecule has 0 saturated heterocycles. The van der Waals surface area contributed by atoms with E-state index in [1.165, 1.54) is 4.68 Å². The molecule has 2 heterocycles. The fourth-order valence-electron chi connectivity index (χ4n) is 3.03. The number of anilines is 1. The zero-order chi connectivity index (χ0) is 18.1. The van der Waals surface area contributed by atoms with Crippen LogP contribution in [0.25, 0.3) is 10.9 Å². The zero-order valence-electron chi connectivity index (χ0n) is 14.3. The molecule has 3 aromatic rings. The first kappa shape index (κ1) is 16.5. The van der Waals surface area contributed by atoms with Gasteiger partial charge in [-0.2, -0.15) is 0 Å². The number of nitrogens with two attached hydrogens (primary N) is 1. The van der Waals surface area contributed by atoms with E-state index in [0.29, 0.717) is 18.8 Å². The van der Waals surface area contributed by atoms with Crippen molar-refractivity contribution in [1.29, 1.82) is 0 Å². The van der Waals surface area contributed by atoms with Crippen LogP contribution in [0.4, 0.5) is 5.82 Å². The van der Waals surface area contributed by atoms with E-state index >= 15 is 0 Å². The van der Waals surface area contributed by atoms with Crippen LogP contribution in [0.3, 0.4) is 0 Å². The van der Waals surface area contributed by atoms with Gasteiger partial charge < -0.3 is 11.1 Å². The van der Waals surface area contributed by atoms with Crippen LogP contribution in [0.15, 0.2) is 36.7 Å². The number of carbonyl (C=O) groups excluding carboxylic acids is 2. The molecule has 0 bridgehead atoms. The zero-order valence-corrected chi connectivity index (χ0v) is 14.3. The Bertz CT molecular complexity index is 969. The minimum atomic E-state index is -0.130. The molecular formula is C18H20N6O2. The van der Waals surface area contributed by atoms with Crippen molar-refractivity contribution in [3.05, 3.63) is 42.2 Å². The molecule has 2 aromatic heterocycles. The summed E-state index contributed by atoms with van der Waals surface area (Å²) in [6.07, 6.45) is 5.97. The van der Waals surface area contributed by atoms with Crippen LogP contribution in [0.1, 0.15) is 23.2 Å². The maximum Gasteiger partial charge on any atom is 0.252 e. The Morgan fingerprint density at radius 3 is 2.81 bits per heavy atom. The highest BCUT2D eigenvalue weighted by Gasteiger charge is 2.30. The molecule has 4 rings (SSSR count). The number of aromatic nitrogens is 4. The molecule has 26 heavy (non-hydrogen) atoms. The monoisotopic (exact) mass is 352 g/mol. The second-order valence-electron chi connectivity index (χ2n) is 6.54. The van der Waals surface area contributed by atoms with Gasteiger partial charge in [0.1, 0.15) is 6.54 Å². The van der Waals surface area contributed by atoms with Crippen LogP contribution in [0, 0.1) is 5.92 Å². The Morgan fingerprint density at radius 2 is 2.04 bits per heavy atom. The SMILES string of the molecule is NCCc1cn(C(=O)Cn2cc(NC(=O)C3CC3)nn2)c2ccccc12. The maximum atomic E-state index is 12.8. The van der Waals surface area contributed by atoms with E-state index in [-0.39, 0.29) is 24.3 Å². The Kier molecular flexibility index (Phi) is 4.26. The van der Waals surface area contributed by atoms with E-state index in [9.17, 15) is 9.59 Å². The van der Waals surface area contributed by atoms with E-state index in [1.807, 2.05) is 30.5 Å². The summed E-state index contributed by atoms with van der Waals surface area (Å²) in [7, 11) is 0. The van der Waals surface area contributed by atoms with E-state index in [0.717, 1.165) is 29.3 Å². The van der Waals surface area contributed by atoms with Crippen LogP contribution in [0.2, 0.25) is 0 Å². The van der Waals surface area contributed by atoms with Gasteiger partial charge in [0.2, 0.25) is 5.91 Å². The Morgan fingerprint density at radius 1 is 1.23 bits per heavy atom. The normalized spacial score (nSPS) is 13.9. The number of amides is 1. The summed E-state index contributed by atoms with van der Waals surface area (Å²) in [5, 5.41) is 11.6. The molecular weight excluding hydrogens is 332 g/mol. The number of nitrogens with zero attached hydrogens (tertiary/aromatic N) is 4. The molecule has 0 atom stereocenters. The minimum absolute atomic E-state index is 0.0348. The highest BCUT2D eigenvalue weighted by Crippen LogP contribution is 2.29. The average Bonchev–Trinajstić information content (AvgIpc) is 3.31. The fraction of sp³-hybridized carbons (Fsp3) is 0.333. The van der Waals surface area contributed by atoms with Gasteiger partial charge in [0.15, 0.2) is 5.82 Å². The largest absolute Gasteiger partial charge is 0.330 e. The van der Waals surface area contributed by atoms with Crippen molar-refractivity contribution >= 4 is 28.5 Å². The molecule has 0 aliphatic heterocycles. The Labute approximate surface area is 150 Å². The van der Waals surface area contributed by atoms with Crippen LogP contribution < -0.4 is 11.1 Å². The number of carbonyl (C=O) groups is 2. The van der Waals surface area contributed by atoms with Crippen molar-refractivity contribution in [2.45, 2.75) is 25.8 Å². The topological polar surface area (TPSA) is 108 Å². The number of hydrogen-bond acceptors (Lipinski definition) is 5. The maximum absolute atomic E-state index is 12.8. The lowest BCUT2D eigenvalue weighted by atomic mass is 10.1. The molecule has 1 fully saturated rings. The number of nitrogens with one attached hydrogen (secondary N) is 1. The molecule has 1 amide bonds. The lowest BCUT2D eigenvalue weighted by molar-refractivity contribution is -0.117. The summed E-state index contributed by atoms with van der Waals surface area (Å²) < 4.78 is 3.06. The molecule has 0 radical (unpaired) electrons. The van der Waals surface area contributed by atoms with E-state index in [4.69, 9.17) is 5.73 Å². The quantitative estimate of drug-likeness (QED) is 0.697. The smallest absolute Gasteiger partial charge is 0.252 e. The van der Waals surface area contributed by atoms with Crippen LogP contribution in [-0.2, 0) is 17.8 Å². The van der Waals surface area contributed by atoms with Gasteiger partial charge in [0.25, 0.3) is 5.91 Å². The first-order valence-electron chi connectivity index (χ1n) is 8.69. The molecule has 3 N–H and O–H groups in total. The number of hydrogen-bond donors (Lipinski definition) is 2. The van der Waals surface area contributed by atoms with Gasteiger partial charge in [-0.15, -0.1) is 5.10 Å². The van der Waals surface area contributed by atoms with Crippen molar-refractivity contribution in [2.24, 2.45) is 11.7 Å². The third kappa shape index (κ3) is 3.23. The number of para-hydroxylation sites is 1. The summed E-state index contributed by atoms with van der Waals surface area (Å²) in [6, 6.07) is 7.75. The second-order valence-corrected chi connectivity index (χ2v) is 6.54. The van der Waals surface area contributed by atoms with Crippen molar-refractivity contribution < 1.29 is 9.59 Å². The van der Waals surface area contributed by atoms with Crippen LogP contribution in [0.5, 0.6) is 0 Å². The van der Waals surface area contributed by atoms with Gasteiger partial charge in [0.05, 0.1) is 11.7 Å². The number of rotatable bonds is 6. The van der Waals surface area contributed by atoms with Crippen molar-refractivity contribution in [2.75, 3.05) is 11.9 Å². The molecule has 1 aliphatic carbocycles. The molecule has 1 aliphatic rings. The standard InChI is InChI=1S/C18H20N6O2/c19-8-7-13-9-24(15-4-2-1-3-14(13)15)17(25)11-23-10-16(21-22-23)20-18(26)12-5-6-12/h1-4,9-10,12H,5-8,11,19H2,(H,20,26).